The lowest BCUT2D eigenvalue weighted by atomic mass is 10.5. The molecule has 0 unspecified atom stereocenters. The molecule has 0 aromatic carbocycles. The number of hydrogen-bond acceptors (Lipinski definition) is 4. The first-order chi connectivity index (χ1) is 7.37. The number of rotatable bonds is 4. The molecule has 8 heteroatoms. The summed E-state index contributed by atoms with van der Waals surface area (Å²) in [6.07, 6.45) is -3.02. The van der Waals surface area contributed by atoms with Crippen LogP contribution in [-0.2, 0) is 4.79 Å². The Morgan fingerprint density at radius 1 is 1.56 bits per heavy atom. The first-order valence-electron chi connectivity index (χ1n) is 4.36. The van der Waals surface area contributed by atoms with Gasteiger partial charge in [0.05, 0.1) is 18.8 Å². The zero-order chi connectivity index (χ0) is 12.2. The Labute approximate surface area is 89.0 Å². The molecule has 0 radical (unpaired) electrons. The number of alkyl halides is 3. The Morgan fingerprint density at radius 3 is 2.75 bits per heavy atom. The molecule has 0 spiro atoms. The van der Waals surface area contributed by atoms with Crippen molar-refractivity contribution in [3.05, 3.63) is 12.0 Å². The van der Waals surface area contributed by atoms with Crippen molar-refractivity contribution in [1.29, 1.82) is 0 Å². The molecule has 16 heavy (non-hydrogen) atoms. The van der Waals surface area contributed by atoms with Crippen LogP contribution in [0.1, 0.15) is 5.69 Å². The number of nitrogens with one attached hydrogen (secondary N) is 2. The van der Waals surface area contributed by atoms with Gasteiger partial charge in [-0.2, -0.15) is 18.2 Å². The van der Waals surface area contributed by atoms with Gasteiger partial charge in [-0.15, -0.1) is 0 Å². The van der Waals surface area contributed by atoms with Crippen LogP contribution in [0, 0.1) is 6.92 Å². The van der Waals surface area contributed by atoms with Crippen LogP contribution in [0.15, 0.2) is 10.7 Å². The van der Waals surface area contributed by atoms with Gasteiger partial charge in [-0.1, -0.05) is 0 Å². The van der Waals surface area contributed by atoms with Crippen molar-refractivity contribution < 1.29 is 22.4 Å². The number of aryl methyl sites for hydroxylation is 1. The molecule has 5 nitrogen and oxygen atoms in total. The number of oxazole rings is 1. The molecule has 1 amide bonds. The first kappa shape index (κ1) is 12.5. The minimum absolute atomic E-state index is 0.0312. The van der Waals surface area contributed by atoms with Crippen LogP contribution >= 0.6 is 0 Å². The van der Waals surface area contributed by atoms with Crippen molar-refractivity contribution in [2.75, 3.05) is 18.4 Å². The zero-order valence-electron chi connectivity index (χ0n) is 8.39. The highest BCUT2D eigenvalue weighted by Crippen LogP contribution is 2.12. The van der Waals surface area contributed by atoms with Gasteiger partial charge in [-0.3, -0.25) is 10.1 Å². The monoisotopic (exact) mass is 237 g/mol. The van der Waals surface area contributed by atoms with Gasteiger partial charge in [0.2, 0.25) is 5.91 Å². The average molecular weight is 237 g/mol. The summed E-state index contributed by atoms with van der Waals surface area (Å²) in [5.41, 5.74) is 0.568. The second kappa shape index (κ2) is 4.97. The van der Waals surface area contributed by atoms with Gasteiger partial charge in [0, 0.05) is 0 Å². The topological polar surface area (TPSA) is 67.2 Å². The van der Waals surface area contributed by atoms with Crippen LogP contribution in [0.5, 0.6) is 0 Å². The van der Waals surface area contributed by atoms with Crippen molar-refractivity contribution in [2.45, 2.75) is 13.1 Å². The number of aromatic nitrogens is 1. The van der Waals surface area contributed by atoms with Crippen LogP contribution in [0.4, 0.5) is 19.2 Å². The quantitative estimate of drug-likeness (QED) is 0.822. The molecule has 0 saturated heterocycles. The zero-order valence-corrected chi connectivity index (χ0v) is 8.39. The van der Waals surface area contributed by atoms with E-state index in [0.717, 1.165) is 0 Å². The summed E-state index contributed by atoms with van der Waals surface area (Å²) in [5.74, 6) is -0.647. The summed E-state index contributed by atoms with van der Waals surface area (Å²) in [6.45, 7) is -0.0208. The van der Waals surface area contributed by atoms with Gasteiger partial charge in [-0.25, -0.2) is 0 Å². The molecule has 0 aliphatic heterocycles. The number of halogens is 3. The predicted molar refractivity (Wildman–Crippen MR) is 48.8 cm³/mol. The van der Waals surface area contributed by atoms with Crippen molar-refractivity contribution in [1.82, 2.24) is 10.3 Å². The molecule has 90 valence electrons. The number of carbonyl (C=O) groups excluding carboxylic acids is 1. The summed E-state index contributed by atoms with van der Waals surface area (Å²) < 4.78 is 39.9. The maximum atomic E-state index is 11.7. The third-order valence-electron chi connectivity index (χ3n) is 1.48. The van der Waals surface area contributed by atoms with Crippen LogP contribution in [0.25, 0.3) is 0 Å². The second-order valence-electron chi connectivity index (χ2n) is 3.06. The van der Waals surface area contributed by atoms with E-state index < -0.39 is 25.2 Å². The van der Waals surface area contributed by atoms with E-state index in [0.29, 0.717) is 5.69 Å². The van der Waals surface area contributed by atoms with E-state index >= 15 is 0 Å². The molecule has 0 aliphatic carbocycles. The van der Waals surface area contributed by atoms with Crippen molar-refractivity contribution in [2.24, 2.45) is 0 Å². The van der Waals surface area contributed by atoms with Crippen molar-refractivity contribution >= 4 is 11.9 Å². The Bertz CT molecular complexity index is 362. The Balaban J connectivity index is 2.26. The summed E-state index contributed by atoms with van der Waals surface area (Å²) in [7, 11) is 0. The van der Waals surface area contributed by atoms with Gasteiger partial charge in [0.1, 0.15) is 6.26 Å². The maximum Gasteiger partial charge on any atom is 0.401 e. The predicted octanol–water partition coefficient (Wildman–Crippen LogP) is 1.07. The fourth-order valence-electron chi connectivity index (χ4n) is 0.893. The molecule has 1 aromatic heterocycles. The Morgan fingerprint density at radius 2 is 2.25 bits per heavy atom. The van der Waals surface area contributed by atoms with Gasteiger partial charge in [0.15, 0.2) is 0 Å². The third-order valence-corrected chi connectivity index (χ3v) is 1.48. The molecule has 0 aliphatic rings. The van der Waals surface area contributed by atoms with Gasteiger partial charge in [-0.05, 0) is 6.92 Å². The molecule has 1 heterocycles. The number of hydrogen-bond donors (Lipinski definition) is 2. The fourth-order valence-corrected chi connectivity index (χ4v) is 0.893. The third kappa shape index (κ3) is 4.78. The van der Waals surface area contributed by atoms with Crippen LogP contribution in [0.3, 0.4) is 0 Å². The van der Waals surface area contributed by atoms with E-state index in [9.17, 15) is 18.0 Å². The second-order valence-corrected chi connectivity index (χ2v) is 3.06. The molecular weight excluding hydrogens is 227 g/mol. The molecular formula is C8H10F3N3O2. The highest BCUT2D eigenvalue weighted by atomic mass is 19.4. The summed E-state index contributed by atoms with van der Waals surface area (Å²) >= 11 is 0. The summed E-state index contributed by atoms with van der Waals surface area (Å²) in [6, 6.07) is -0.0312. The molecule has 0 atom stereocenters. The lowest BCUT2D eigenvalue weighted by Crippen LogP contribution is -2.35. The van der Waals surface area contributed by atoms with E-state index in [1.807, 2.05) is 5.32 Å². The smallest absolute Gasteiger partial charge is 0.401 e. The first-order valence-corrected chi connectivity index (χ1v) is 4.36. The van der Waals surface area contributed by atoms with E-state index in [-0.39, 0.29) is 6.01 Å². The van der Waals surface area contributed by atoms with Crippen molar-refractivity contribution in [3.8, 4) is 0 Å². The lowest BCUT2D eigenvalue weighted by Gasteiger charge is -2.06. The van der Waals surface area contributed by atoms with E-state index in [2.05, 4.69) is 10.3 Å². The SMILES string of the molecule is Cc1coc(NC(=O)CNCC(F)(F)F)n1. The van der Waals surface area contributed by atoms with E-state index in [4.69, 9.17) is 4.42 Å². The largest absolute Gasteiger partial charge is 0.432 e. The molecule has 0 saturated carbocycles. The Hall–Kier alpha value is -1.57. The van der Waals surface area contributed by atoms with Gasteiger partial charge < -0.3 is 9.73 Å². The van der Waals surface area contributed by atoms with E-state index in [1.54, 1.807) is 6.92 Å². The van der Waals surface area contributed by atoms with Gasteiger partial charge in [0.25, 0.3) is 0 Å². The summed E-state index contributed by atoms with van der Waals surface area (Å²) in [4.78, 5) is 14.8. The maximum absolute atomic E-state index is 11.7. The number of anilines is 1. The number of nitrogens with zero attached hydrogens (tertiary/aromatic N) is 1. The highest BCUT2D eigenvalue weighted by molar-refractivity contribution is 5.90. The molecule has 0 fully saturated rings. The van der Waals surface area contributed by atoms with Crippen LogP contribution < -0.4 is 10.6 Å². The number of amides is 1. The summed E-state index contributed by atoms with van der Waals surface area (Å²) in [5, 5.41) is 4.15. The molecule has 2 N–H and O–H groups in total. The highest BCUT2D eigenvalue weighted by Gasteiger charge is 2.26. The van der Waals surface area contributed by atoms with E-state index in [1.165, 1.54) is 6.26 Å². The number of carbonyl (C=O) groups is 1. The van der Waals surface area contributed by atoms with Crippen molar-refractivity contribution in [3.63, 3.8) is 0 Å². The minimum atomic E-state index is -4.33. The fraction of sp³-hybridized carbons (Fsp3) is 0.500. The van der Waals surface area contributed by atoms with Crippen LogP contribution in [-0.4, -0.2) is 30.2 Å². The normalized spacial score (nSPS) is 11.5. The molecule has 0 bridgehead atoms. The average Bonchev–Trinajstić information content (AvgIpc) is 2.48. The lowest BCUT2D eigenvalue weighted by molar-refractivity contribution is -0.127. The Kier molecular flexibility index (Phi) is 3.88. The van der Waals surface area contributed by atoms with Crippen LogP contribution in [0.2, 0.25) is 0 Å². The molecule has 1 aromatic rings. The van der Waals surface area contributed by atoms with Gasteiger partial charge >= 0.3 is 12.2 Å². The molecule has 1 rings (SSSR count). The standard InChI is InChI=1S/C8H10F3N3O2/c1-5-3-16-7(13-5)14-6(15)2-12-4-8(9,10)11/h3,12H,2,4H2,1H3,(H,13,14,15). The minimum Gasteiger partial charge on any atom is -0.432 e.